The Bertz CT molecular complexity index is 540. The molecule has 3 nitrogen and oxygen atoms in total. The smallest absolute Gasteiger partial charge is 0.416 e. The van der Waals surface area contributed by atoms with Crippen molar-refractivity contribution in [3.05, 3.63) is 47.7 Å². The number of ether oxygens (including phenoxy) is 1. The molecule has 0 amide bonds. The minimum absolute atomic E-state index is 0.189. The molecule has 100 valence electrons. The normalized spacial score (nSPS) is 11.4. The number of hydrogen-bond donors (Lipinski definition) is 0. The van der Waals surface area contributed by atoms with Crippen LogP contribution in [-0.4, -0.2) is 10.2 Å². The summed E-state index contributed by atoms with van der Waals surface area (Å²) < 4.78 is 42.3. The van der Waals surface area contributed by atoms with E-state index in [0.29, 0.717) is 5.69 Å². The molecule has 7 heteroatoms. The van der Waals surface area contributed by atoms with E-state index in [1.54, 1.807) is 12.1 Å². The number of rotatable bonds is 3. The summed E-state index contributed by atoms with van der Waals surface area (Å²) in [7, 11) is 0. The molecular weight excluding hydrogens is 281 g/mol. The molecule has 0 saturated heterocycles. The third-order valence-corrected chi connectivity index (χ3v) is 2.51. The zero-order chi connectivity index (χ0) is 13.9. The first kappa shape index (κ1) is 13.6. The van der Waals surface area contributed by atoms with Crippen LogP contribution in [0.1, 0.15) is 11.3 Å². The van der Waals surface area contributed by atoms with Crippen LogP contribution in [0.3, 0.4) is 0 Å². The lowest BCUT2D eigenvalue weighted by atomic mass is 10.2. The van der Waals surface area contributed by atoms with Gasteiger partial charge in [-0.05, 0) is 30.3 Å². The van der Waals surface area contributed by atoms with Gasteiger partial charge < -0.3 is 4.74 Å². The van der Waals surface area contributed by atoms with Crippen LogP contribution >= 0.6 is 11.6 Å². The molecule has 0 aliphatic carbocycles. The van der Waals surface area contributed by atoms with Gasteiger partial charge in [0.2, 0.25) is 5.88 Å². The van der Waals surface area contributed by atoms with Crippen LogP contribution in [0, 0.1) is 0 Å². The highest BCUT2D eigenvalue weighted by molar-refractivity contribution is 6.16. The van der Waals surface area contributed by atoms with Gasteiger partial charge in [0.25, 0.3) is 0 Å². The highest BCUT2D eigenvalue weighted by Gasteiger charge is 2.30. The zero-order valence-electron chi connectivity index (χ0n) is 9.49. The largest absolute Gasteiger partial charge is 0.438 e. The van der Waals surface area contributed by atoms with E-state index in [2.05, 4.69) is 10.2 Å². The molecule has 0 aliphatic rings. The zero-order valence-corrected chi connectivity index (χ0v) is 10.2. The molecule has 0 N–H and O–H groups in total. The summed E-state index contributed by atoms with van der Waals surface area (Å²) in [5.74, 6) is 0.669. The molecule has 0 aliphatic heterocycles. The lowest BCUT2D eigenvalue weighted by molar-refractivity contribution is -0.137. The molecule has 0 atom stereocenters. The first-order chi connectivity index (χ1) is 8.99. The second kappa shape index (κ2) is 5.44. The van der Waals surface area contributed by atoms with Gasteiger partial charge in [-0.3, -0.25) is 0 Å². The van der Waals surface area contributed by atoms with Crippen molar-refractivity contribution >= 4 is 11.6 Å². The SMILES string of the molecule is FC(F)(F)c1ccc(Oc2ccc(CCl)nn2)cc1. The van der Waals surface area contributed by atoms with Crippen LogP contribution in [0.4, 0.5) is 13.2 Å². The fourth-order valence-corrected chi connectivity index (χ4v) is 1.45. The summed E-state index contributed by atoms with van der Waals surface area (Å²) in [6.07, 6.45) is -4.36. The van der Waals surface area contributed by atoms with E-state index in [-0.39, 0.29) is 17.5 Å². The number of aromatic nitrogens is 2. The number of nitrogens with zero attached hydrogens (tertiary/aromatic N) is 2. The predicted octanol–water partition coefficient (Wildman–Crippen LogP) is 4.03. The maximum atomic E-state index is 12.4. The third kappa shape index (κ3) is 3.57. The van der Waals surface area contributed by atoms with E-state index >= 15 is 0 Å². The fraction of sp³-hybridized carbons (Fsp3) is 0.167. The lowest BCUT2D eigenvalue weighted by Crippen LogP contribution is -2.04. The Labute approximate surface area is 112 Å². The molecule has 0 fully saturated rings. The monoisotopic (exact) mass is 288 g/mol. The van der Waals surface area contributed by atoms with Crippen molar-refractivity contribution in [1.29, 1.82) is 0 Å². The van der Waals surface area contributed by atoms with Crippen LogP contribution in [0.15, 0.2) is 36.4 Å². The van der Waals surface area contributed by atoms with E-state index < -0.39 is 11.7 Å². The maximum absolute atomic E-state index is 12.4. The predicted molar refractivity (Wildman–Crippen MR) is 63.1 cm³/mol. The Balaban J connectivity index is 2.10. The summed E-state index contributed by atoms with van der Waals surface area (Å²) in [6.45, 7) is 0. The van der Waals surface area contributed by atoms with Crippen LogP contribution < -0.4 is 4.74 Å². The fourth-order valence-electron chi connectivity index (χ4n) is 1.31. The topological polar surface area (TPSA) is 35.0 Å². The first-order valence-electron chi connectivity index (χ1n) is 5.23. The van der Waals surface area contributed by atoms with Gasteiger partial charge in [-0.25, -0.2) is 0 Å². The van der Waals surface area contributed by atoms with E-state index in [1.807, 2.05) is 0 Å². The van der Waals surface area contributed by atoms with Gasteiger partial charge in [0.15, 0.2) is 0 Å². The number of halogens is 4. The number of hydrogen-bond acceptors (Lipinski definition) is 3. The van der Waals surface area contributed by atoms with Crippen LogP contribution in [0.2, 0.25) is 0 Å². The maximum Gasteiger partial charge on any atom is 0.416 e. The second-order valence-corrected chi connectivity index (χ2v) is 3.89. The van der Waals surface area contributed by atoms with Crippen molar-refractivity contribution in [3.63, 3.8) is 0 Å². The summed E-state index contributed by atoms with van der Waals surface area (Å²) in [5, 5.41) is 7.50. The average molecular weight is 289 g/mol. The van der Waals surface area contributed by atoms with Crippen molar-refractivity contribution in [1.82, 2.24) is 10.2 Å². The molecule has 0 bridgehead atoms. The van der Waals surface area contributed by atoms with E-state index in [9.17, 15) is 13.2 Å². The minimum Gasteiger partial charge on any atom is -0.438 e. The molecule has 0 unspecified atom stereocenters. The standard InChI is InChI=1S/C12H8ClF3N2O/c13-7-9-3-6-11(18-17-9)19-10-4-1-8(2-5-10)12(14,15)16/h1-6H,7H2. The molecule has 2 rings (SSSR count). The average Bonchev–Trinajstić information content (AvgIpc) is 2.39. The summed E-state index contributed by atoms with van der Waals surface area (Å²) in [5.41, 5.74) is -0.148. The van der Waals surface area contributed by atoms with Crippen molar-refractivity contribution in [2.75, 3.05) is 0 Å². The Hall–Kier alpha value is -1.82. The third-order valence-electron chi connectivity index (χ3n) is 2.24. The summed E-state index contributed by atoms with van der Waals surface area (Å²) in [6, 6.07) is 7.49. The van der Waals surface area contributed by atoms with Crippen molar-refractivity contribution in [3.8, 4) is 11.6 Å². The van der Waals surface area contributed by atoms with Crippen LogP contribution in [0.25, 0.3) is 0 Å². The van der Waals surface area contributed by atoms with Crippen molar-refractivity contribution < 1.29 is 17.9 Å². The molecule has 2 aromatic rings. The van der Waals surface area contributed by atoms with E-state index in [4.69, 9.17) is 16.3 Å². The van der Waals surface area contributed by atoms with E-state index in [0.717, 1.165) is 12.1 Å². The van der Waals surface area contributed by atoms with Gasteiger partial charge in [-0.15, -0.1) is 16.7 Å². The summed E-state index contributed by atoms with van der Waals surface area (Å²) >= 11 is 5.55. The van der Waals surface area contributed by atoms with Crippen LogP contribution in [0.5, 0.6) is 11.6 Å². The van der Waals surface area contributed by atoms with Crippen molar-refractivity contribution in [2.45, 2.75) is 12.1 Å². The molecule has 19 heavy (non-hydrogen) atoms. The molecule has 1 aromatic carbocycles. The van der Waals surface area contributed by atoms with Gasteiger partial charge in [0, 0.05) is 6.07 Å². The number of alkyl halides is 4. The van der Waals surface area contributed by atoms with Gasteiger partial charge in [-0.2, -0.15) is 18.3 Å². The summed E-state index contributed by atoms with van der Waals surface area (Å²) in [4.78, 5) is 0. The van der Waals surface area contributed by atoms with Gasteiger partial charge >= 0.3 is 6.18 Å². The minimum atomic E-state index is -4.36. The first-order valence-corrected chi connectivity index (χ1v) is 5.76. The van der Waals surface area contributed by atoms with Crippen LogP contribution in [-0.2, 0) is 12.1 Å². The molecule has 0 spiro atoms. The highest BCUT2D eigenvalue weighted by atomic mass is 35.5. The molecular formula is C12H8ClF3N2O. The van der Waals surface area contributed by atoms with Crippen molar-refractivity contribution in [2.24, 2.45) is 0 Å². The van der Waals surface area contributed by atoms with Gasteiger partial charge in [0.1, 0.15) is 5.75 Å². The number of benzene rings is 1. The second-order valence-electron chi connectivity index (χ2n) is 3.62. The Kier molecular flexibility index (Phi) is 3.90. The molecule has 0 radical (unpaired) electrons. The Morgan fingerprint density at radius 2 is 1.68 bits per heavy atom. The Morgan fingerprint density at radius 3 is 2.16 bits per heavy atom. The highest BCUT2D eigenvalue weighted by Crippen LogP contribution is 2.31. The molecule has 0 saturated carbocycles. The van der Waals surface area contributed by atoms with Gasteiger partial charge in [-0.1, -0.05) is 0 Å². The van der Waals surface area contributed by atoms with E-state index in [1.165, 1.54) is 12.1 Å². The quantitative estimate of drug-likeness (QED) is 0.800. The van der Waals surface area contributed by atoms with Gasteiger partial charge in [0.05, 0.1) is 17.1 Å². The molecule has 1 aromatic heterocycles. The Morgan fingerprint density at radius 1 is 1.00 bits per heavy atom. The lowest BCUT2D eigenvalue weighted by Gasteiger charge is -2.08. The molecule has 1 heterocycles.